The fourth-order valence-electron chi connectivity index (χ4n) is 2.48. The molecular weight excluding hydrogens is 449 g/mol. The fourth-order valence-corrected chi connectivity index (χ4v) is 3.66. The largest absolute Gasteiger partial charge is 0.497 e. The Hall–Kier alpha value is -0.830. The van der Waals surface area contributed by atoms with Gasteiger partial charge in [0.05, 0.1) is 20.3 Å². The second-order valence-electron chi connectivity index (χ2n) is 5.66. The van der Waals surface area contributed by atoms with Crippen molar-refractivity contribution >= 4 is 41.7 Å². The first kappa shape index (κ1) is 22.2. The summed E-state index contributed by atoms with van der Waals surface area (Å²) in [4.78, 5) is 4.69. The van der Waals surface area contributed by atoms with Crippen molar-refractivity contribution in [3.05, 3.63) is 24.3 Å². The van der Waals surface area contributed by atoms with Gasteiger partial charge in [-0.2, -0.15) is 11.8 Å². The summed E-state index contributed by atoms with van der Waals surface area (Å²) in [6.45, 7) is 5.38. The molecule has 142 valence electrons. The third kappa shape index (κ3) is 8.89. The first-order chi connectivity index (χ1) is 11.8. The summed E-state index contributed by atoms with van der Waals surface area (Å²) in [7, 11) is 1.66. The van der Waals surface area contributed by atoms with Crippen molar-refractivity contribution in [3.8, 4) is 11.5 Å². The van der Waals surface area contributed by atoms with Crippen molar-refractivity contribution in [2.45, 2.75) is 31.4 Å². The SMILES string of the molecule is CCNC(=NCC1CCCS1)NCCCOc1cccc(OC)c1.I. The maximum atomic E-state index is 5.75. The van der Waals surface area contributed by atoms with Gasteiger partial charge in [-0.3, -0.25) is 4.99 Å². The van der Waals surface area contributed by atoms with E-state index in [1.165, 1.54) is 18.6 Å². The lowest BCUT2D eigenvalue weighted by Crippen LogP contribution is -2.38. The Morgan fingerprint density at radius 1 is 1.32 bits per heavy atom. The third-order valence-corrected chi connectivity index (χ3v) is 5.13. The minimum atomic E-state index is 0. The molecule has 0 aliphatic carbocycles. The summed E-state index contributed by atoms with van der Waals surface area (Å²) in [6, 6.07) is 7.69. The van der Waals surface area contributed by atoms with Crippen molar-refractivity contribution in [3.63, 3.8) is 0 Å². The Balaban J connectivity index is 0.00000312. The Kier molecular flexibility index (Phi) is 11.9. The van der Waals surface area contributed by atoms with Crippen LogP contribution in [0.5, 0.6) is 11.5 Å². The number of benzene rings is 1. The number of nitrogens with one attached hydrogen (secondary N) is 2. The van der Waals surface area contributed by atoms with Crippen LogP contribution >= 0.6 is 35.7 Å². The minimum Gasteiger partial charge on any atom is -0.497 e. The van der Waals surface area contributed by atoms with Gasteiger partial charge in [-0.1, -0.05) is 6.07 Å². The molecule has 1 saturated heterocycles. The van der Waals surface area contributed by atoms with Crippen LogP contribution in [-0.4, -0.2) is 50.3 Å². The minimum absolute atomic E-state index is 0. The summed E-state index contributed by atoms with van der Waals surface area (Å²) < 4.78 is 10.9. The highest BCUT2D eigenvalue weighted by atomic mass is 127. The molecule has 0 radical (unpaired) electrons. The summed E-state index contributed by atoms with van der Waals surface area (Å²) in [5.74, 6) is 3.85. The zero-order chi connectivity index (χ0) is 17.0. The number of ether oxygens (including phenoxy) is 2. The van der Waals surface area contributed by atoms with E-state index in [2.05, 4.69) is 17.6 Å². The summed E-state index contributed by atoms with van der Waals surface area (Å²) in [6.07, 6.45) is 3.54. The molecule has 1 fully saturated rings. The van der Waals surface area contributed by atoms with Gasteiger partial charge < -0.3 is 20.1 Å². The first-order valence-electron chi connectivity index (χ1n) is 8.72. The summed E-state index contributed by atoms with van der Waals surface area (Å²) >= 11 is 2.04. The van der Waals surface area contributed by atoms with Crippen LogP contribution in [0.25, 0.3) is 0 Å². The molecule has 1 aliphatic rings. The molecule has 25 heavy (non-hydrogen) atoms. The molecule has 0 amide bonds. The molecule has 2 rings (SSSR count). The number of thioether (sulfide) groups is 1. The molecule has 0 saturated carbocycles. The highest BCUT2D eigenvalue weighted by molar-refractivity contribution is 14.0. The molecule has 2 N–H and O–H groups in total. The van der Waals surface area contributed by atoms with Crippen LogP contribution < -0.4 is 20.1 Å². The summed E-state index contributed by atoms with van der Waals surface area (Å²) in [5, 5.41) is 7.37. The second kappa shape index (κ2) is 13.4. The number of hydrogen-bond acceptors (Lipinski definition) is 4. The Morgan fingerprint density at radius 2 is 2.16 bits per heavy atom. The lowest BCUT2D eigenvalue weighted by Gasteiger charge is -2.13. The van der Waals surface area contributed by atoms with E-state index in [1.54, 1.807) is 7.11 Å². The Labute approximate surface area is 172 Å². The van der Waals surface area contributed by atoms with Crippen molar-refractivity contribution in [2.24, 2.45) is 4.99 Å². The number of methoxy groups -OCH3 is 1. The van der Waals surface area contributed by atoms with Crippen molar-refractivity contribution < 1.29 is 9.47 Å². The van der Waals surface area contributed by atoms with Gasteiger partial charge in [0.1, 0.15) is 11.5 Å². The molecule has 0 aromatic heterocycles. The molecule has 5 nitrogen and oxygen atoms in total. The van der Waals surface area contributed by atoms with E-state index in [9.17, 15) is 0 Å². The van der Waals surface area contributed by atoms with E-state index in [-0.39, 0.29) is 24.0 Å². The molecule has 1 aliphatic heterocycles. The molecule has 1 atom stereocenters. The van der Waals surface area contributed by atoms with Crippen molar-refractivity contribution in [1.82, 2.24) is 10.6 Å². The van der Waals surface area contributed by atoms with Crippen LogP contribution in [0.4, 0.5) is 0 Å². The van der Waals surface area contributed by atoms with Gasteiger partial charge in [0.2, 0.25) is 0 Å². The second-order valence-corrected chi connectivity index (χ2v) is 7.07. The Bertz CT molecular complexity index is 511. The van der Waals surface area contributed by atoms with E-state index < -0.39 is 0 Å². The number of nitrogens with zero attached hydrogens (tertiary/aromatic N) is 1. The average Bonchev–Trinajstić information content (AvgIpc) is 3.13. The lowest BCUT2D eigenvalue weighted by molar-refractivity contribution is 0.308. The van der Waals surface area contributed by atoms with Crippen LogP contribution in [0.15, 0.2) is 29.3 Å². The van der Waals surface area contributed by atoms with Crippen LogP contribution in [0.3, 0.4) is 0 Å². The molecule has 1 aromatic carbocycles. The zero-order valence-electron chi connectivity index (χ0n) is 15.1. The molecule has 1 unspecified atom stereocenters. The normalized spacial score (nSPS) is 16.9. The molecule has 1 heterocycles. The smallest absolute Gasteiger partial charge is 0.191 e. The number of guanidine groups is 1. The molecule has 1 aromatic rings. The first-order valence-corrected chi connectivity index (χ1v) is 9.77. The maximum absolute atomic E-state index is 5.75. The van der Waals surface area contributed by atoms with Gasteiger partial charge >= 0.3 is 0 Å². The third-order valence-electron chi connectivity index (χ3n) is 3.74. The van der Waals surface area contributed by atoms with Gasteiger partial charge in [0.15, 0.2) is 5.96 Å². The van der Waals surface area contributed by atoms with Crippen molar-refractivity contribution in [1.29, 1.82) is 0 Å². The van der Waals surface area contributed by atoms with E-state index in [4.69, 9.17) is 14.5 Å². The van der Waals surface area contributed by atoms with E-state index in [0.717, 1.165) is 43.5 Å². The van der Waals surface area contributed by atoms with Crippen molar-refractivity contribution in [2.75, 3.05) is 39.1 Å². The van der Waals surface area contributed by atoms with Gasteiger partial charge in [-0.05, 0) is 44.1 Å². The number of aliphatic imine (C=N–C) groups is 1. The number of hydrogen-bond donors (Lipinski definition) is 2. The predicted octanol–water partition coefficient (Wildman–Crippen LogP) is 3.53. The van der Waals surface area contributed by atoms with Gasteiger partial charge in [0, 0.05) is 24.4 Å². The summed E-state index contributed by atoms with van der Waals surface area (Å²) in [5.41, 5.74) is 0. The monoisotopic (exact) mass is 479 g/mol. The number of halogens is 1. The highest BCUT2D eigenvalue weighted by Crippen LogP contribution is 2.26. The standard InChI is InChI=1S/C18H29N3O2S.HI/c1-3-19-18(21-14-17-9-5-12-24-17)20-10-6-11-23-16-8-4-7-15(13-16)22-2;/h4,7-8,13,17H,3,5-6,9-12,14H2,1-2H3,(H2,19,20,21);1H. The fraction of sp³-hybridized carbons (Fsp3) is 0.611. The van der Waals surface area contributed by atoms with E-state index in [0.29, 0.717) is 11.9 Å². The van der Waals surface area contributed by atoms with Crippen LogP contribution in [0.1, 0.15) is 26.2 Å². The lowest BCUT2D eigenvalue weighted by atomic mass is 10.2. The van der Waals surface area contributed by atoms with Crippen LogP contribution in [-0.2, 0) is 0 Å². The number of rotatable bonds is 9. The molecule has 0 bridgehead atoms. The predicted molar refractivity (Wildman–Crippen MR) is 118 cm³/mol. The quantitative estimate of drug-likeness (QED) is 0.246. The molecule has 0 spiro atoms. The van der Waals surface area contributed by atoms with Crippen LogP contribution in [0.2, 0.25) is 0 Å². The Morgan fingerprint density at radius 3 is 2.88 bits per heavy atom. The van der Waals surface area contributed by atoms with E-state index in [1.807, 2.05) is 36.0 Å². The van der Waals surface area contributed by atoms with Gasteiger partial charge in [0.25, 0.3) is 0 Å². The zero-order valence-corrected chi connectivity index (χ0v) is 18.3. The molecular formula is C18H30IN3O2S. The van der Waals surface area contributed by atoms with Gasteiger partial charge in [-0.15, -0.1) is 24.0 Å². The van der Waals surface area contributed by atoms with Gasteiger partial charge in [-0.25, -0.2) is 0 Å². The van der Waals surface area contributed by atoms with E-state index >= 15 is 0 Å². The molecule has 7 heteroatoms. The van der Waals surface area contributed by atoms with Crippen LogP contribution in [0, 0.1) is 0 Å². The topological polar surface area (TPSA) is 54.9 Å². The highest BCUT2D eigenvalue weighted by Gasteiger charge is 2.14. The average molecular weight is 479 g/mol. The maximum Gasteiger partial charge on any atom is 0.191 e.